The average Bonchev–Trinajstić information content (AvgIpc) is 3.13. The maximum absolute atomic E-state index is 12.3. The summed E-state index contributed by atoms with van der Waals surface area (Å²) in [6, 6.07) is 8.09. The monoisotopic (exact) mass is 379 g/mol. The minimum atomic E-state index is -0.579. The highest BCUT2D eigenvalue weighted by atomic mass is 35.5. The molecule has 1 fully saturated rings. The molecule has 0 saturated carbocycles. The summed E-state index contributed by atoms with van der Waals surface area (Å²) in [6.07, 6.45) is 3.25. The van der Waals surface area contributed by atoms with E-state index in [1.54, 1.807) is 41.2 Å². The number of carbonyl (C=O) groups excluding carboxylic acids is 2. The van der Waals surface area contributed by atoms with Gasteiger partial charge in [0.15, 0.2) is 0 Å². The first-order valence-corrected chi connectivity index (χ1v) is 8.14. The molecule has 9 heteroatoms. The first-order valence-electron chi connectivity index (χ1n) is 8.14. The largest absolute Gasteiger partial charge is 0.381 e. The molecule has 0 bridgehead atoms. The third-order valence-corrected chi connectivity index (χ3v) is 4.32. The van der Waals surface area contributed by atoms with Gasteiger partial charge < -0.3 is 21.5 Å². The molecule has 0 spiro atoms. The molecular weight excluding hydrogens is 358 g/mol. The summed E-state index contributed by atoms with van der Waals surface area (Å²) in [4.78, 5) is 23.4. The molecule has 1 aromatic carbocycles. The van der Waals surface area contributed by atoms with Crippen molar-refractivity contribution in [3.63, 3.8) is 0 Å². The number of carbonyl (C=O) groups is 2. The topological polar surface area (TPSA) is 125 Å². The Morgan fingerprint density at radius 3 is 2.42 bits per heavy atom. The van der Waals surface area contributed by atoms with Gasteiger partial charge in [-0.05, 0) is 49.1 Å². The van der Waals surface area contributed by atoms with Crippen molar-refractivity contribution in [3.05, 3.63) is 42.2 Å². The molecule has 0 radical (unpaired) electrons. The number of hydrogen-bond donors (Lipinski definition) is 3. The predicted octanol–water partition coefficient (Wildman–Crippen LogP) is 1.09. The molecule has 2 amide bonds. The van der Waals surface area contributed by atoms with Crippen molar-refractivity contribution >= 4 is 29.9 Å². The Morgan fingerprint density at radius 2 is 1.85 bits per heavy atom. The van der Waals surface area contributed by atoms with Gasteiger partial charge in [-0.1, -0.05) is 0 Å². The number of anilines is 1. The van der Waals surface area contributed by atoms with Gasteiger partial charge in [0.1, 0.15) is 5.69 Å². The van der Waals surface area contributed by atoms with E-state index in [-0.39, 0.29) is 29.9 Å². The third-order valence-electron chi connectivity index (χ3n) is 4.32. The van der Waals surface area contributed by atoms with E-state index in [4.69, 9.17) is 16.2 Å². The average molecular weight is 380 g/mol. The molecule has 3 rings (SSSR count). The fraction of sp³-hybridized carbons (Fsp3) is 0.353. The Kier molecular flexibility index (Phi) is 6.73. The Balaban J connectivity index is 0.00000243. The molecule has 1 aliphatic rings. The lowest BCUT2D eigenvalue weighted by molar-refractivity contribution is -0.119. The number of hydrogen-bond acceptors (Lipinski definition) is 5. The SMILES string of the molecule is Cl.NC(=O)c1ccn(-c2ccc(NC(=O)C(N)C3CCOCC3)cc2)n1. The van der Waals surface area contributed by atoms with Crippen LogP contribution < -0.4 is 16.8 Å². The number of ether oxygens (including phenoxy) is 1. The van der Waals surface area contributed by atoms with Crippen LogP contribution in [0.15, 0.2) is 36.5 Å². The molecule has 0 aliphatic carbocycles. The summed E-state index contributed by atoms with van der Waals surface area (Å²) < 4.78 is 6.84. The van der Waals surface area contributed by atoms with E-state index >= 15 is 0 Å². The van der Waals surface area contributed by atoms with E-state index in [0.29, 0.717) is 18.9 Å². The molecule has 1 aromatic heterocycles. The van der Waals surface area contributed by atoms with Crippen LogP contribution in [0.2, 0.25) is 0 Å². The lowest BCUT2D eigenvalue weighted by Crippen LogP contribution is -2.43. The van der Waals surface area contributed by atoms with Crippen molar-refractivity contribution in [2.75, 3.05) is 18.5 Å². The molecule has 1 aliphatic heterocycles. The van der Waals surface area contributed by atoms with Crippen LogP contribution in [0.3, 0.4) is 0 Å². The highest BCUT2D eigenvalue weighted by Gasteiger charge is 2.26. The quantitative estimate of drug-likeness (QED) is 0.716. The summed E-state index contributed by atoms with van der Waals surface area (Å²) in [7, 11) is 0. The van der Waals surface area contributed by atoms with E-state index in [0.717, 1.165) is 18.5 Å². The van der Waals surface area contributed by atoms with Crippen molar-refractivity contribution in [2.24, 2.45) is 17.4 Å². The normalized spacial score (nSPS) is 15.7. The molecule has 1 saturated heterocycles. The van der Waals surface area contributed by atoms with Gasteiger partial charge in [-0.2, -0.15) is 5.10 Å². The summed E-state index contributed by atoms with van der Waals surface area (Å²) >= 11 is 0. The molecule has 1 unspecified atom stereocenters. The van der Waals surface area contributed by atoms with Gasteiger partial charge in [-0.3, -0.25) is 9.59 Å². The minimum Gasteiger partial charge on any atom is -0.381 e. The third kappa shape index (κ3) is 4.60. The number of halogens is 1. The van der Waals surface area contributed by atoms with E-state index in [1.165, 1.54) is 0 Å². The smallest absolute Gasteiger partial charge is 0.269 e. The zero-order chi connectivity index (χ0) is 17.8. The number of aromatic nitrogens is 2. The van der Waals surface area contributed by atoms with Crippen LogP contribution in [0.1, 0.15) is 23.3 Å². The first kappa shape index (κ1) is 19.9. The Hall–Kier alpha value is -2.42. The maximum atomic E-state index is 12.3. The van der Waals surface area contributed by atoms with Gasteiger partial charge in [0.2, 0.25) is 5.91 Å². The van der Waals surface area contributed by atoms with Crippen LogP contribution in [-0.4, -0.2) is 40.9 Å². The molecular formula is C17H22ClN5O3. The van der Waals surface area contributed by atoms with Crippen molar-refractivity contribution in [1.82, 2.24) is 9.78 Å². The minimum absolute atomic E-state index is 0. The standard InChI is InChI=1S/C17H21N5O3.ClH/c18-15(11-6-9-25-10-7-11)17(24)20-12-1-3-13(4-2-12)22-8-5-14(21-22)16(19)23;/h1-5,8,11,15H,6-7,9-10,18H2,(H2,19,23)(H,20,24);1H. The molecule has 26 heavy (non-hydrogen) atoms. The Bertz CT molecular complexity index is 756. The molecule has 5 N–H and O–H groups in total. The summed E-state index contributed by atoms with van der Waals surface area (Å²) in [6.45, 7) is 1.30. The van der Waals surface area contributed by atoms with E-state index in [9.17, 15) is 9.59 Å². The zero-order valence-electron chi connectivity index (χ0n) is 14.1. The second-order valence-corrected chi connectivity index (χ2v) is 6.02. The molecule has 1 atom stereocenters. The second-order valence-electron chi connectivity index (χ2n) is 6.02. The van der Waals surface area contributed by atoms with Gasteiger partial charge in [-0.25, -0.2) is 4.68 Å². The molecule has 2 aromatic rings. The molecule has 140 valence electrons. The fourth-order valence-electron chi connectivity index (χ4n) is 2.81. The van der Waals surface area contributed by atoms with Crippen LogP contribution in [0.25, 0.3) is 5.69 Å². The Morgan fingerprint density at radius 1 is 1.19 bits per heavy atom. The van der Waals surface area contributed by atoms with Gasteiger partial charge in [0.05, 0.1) is 11.7 Å². The number of benzene rings is 1. The van der Waals surface area contributed by atoms with Gasteiger partial charge in [0.25, 0.3) is 5.91 Å². The van der Waals surface area contributed by atoms with E-state index in [2.05, 4.69) is 10.4 Å². The molecule has 2 heterocycles. The Labute approximate surface area is 157 Å². The lowest BCUT2D eigenvalue weighted by atomic mass is 9.92. The zero-order valence-corrected chi connectivity index (χ0v) is 14.9. The van der Waals surface area contributed by atoms with E-state index in [1.807, 2.05) is 0 Å². The lowest BCUT2D eigenvalue weighted by Gasteiger charge is -2.26. The number of amides is 2. The number of nitrogens with zero attached hydrogens (tertiary/aromatic N) is 2. The fourth-order valence-corrected chi connectivity index (χ4v) is 2.81. The van der Waals surface area contributed by atoms with Crippen LogP contribution in [0.4, 0.5) is 5.69 Å². The van der Waals surface area contributed by atoms with Crippen molar-refractivity contribution in [3.8, 4) is 5.69 Å². The number of nitrogens with one attached hydrogen (secondary N) is 1. The van der Waals surface area contributed by atoms with Gasteiger partial charge in [-0.15, -0.1) is 12.4 Å². The highest BCUT2D eigenvalue weighted by Crippen LogP contribution is 2.19. The van der Waals surface area contributed by atoms with E-state index < -0.39 is 11.9 Å². The number of nitrogens with two attached hydrogens (primary N) is 2. The predicted molar refractivity (Wildman–Crippen MR) is 99.5 cm³/mol. The first-order chi connectivity index (χ1) is 12.0. The highest BCUT2D eigenvalue weighted by molar-refractivity contribution is 5.95. The summed E-state index contributed by atoms with van der Waals surface area (Å²) in [5.41, 5.74) is 12.9. The van der Waals surface area contributed by atoms with Crippen molar-refractivity contribution in [1.29, 1.82) is 0 Å². The molecule has 8 nitrogen and oxygen atoms in total. The second kappa shape index (κ2) is 8.79. The number of primary amides is 1. The van der Waals surface area contributed by atoms with Crippen LogP contribution >= 0.6 is 12.4 Å². The summed E-state index contributed by atoms with van der Waals surface area (Å²) in [5, 5.41) is 6.92. The van der Waals surface area contributed by atoms with Crippen LogP contribution in [0.5, 0.6) is 0 Å². The van der Waals surface area contributed by atoms with Crippen molar-refractivity contribution < 1.29 is 14.3 Å². The van der Waals surface area contributed by atoms with Crippen LogP contribution in [0, 0.1) is 5.92 Å². The van der Waals surface area contributed by atoms with Crippen LogP contribution in [-0.2, 0) is 9.53 Å². The summed E-state index contributed by atoms with van der Waals surface area (Å²) in [5.74, 6) is -0.635. The van der Waals surface area contributed by atoms with Gasteiger partial charge >= 0.3 is 0 Å². The number of rotatable bonds is 5. The maximum Gasteiger partial charge on any atom is 0.269 e. The van der Waals surface area contributed by atoms with Crippen molar-refractivity contribution in [2.45, 2.75) is 18.9 Å². The van der Waals surface area contributed by atoms with Gasteiger partial charge in [0, 0.05) is 25.1 Å².